The highest BCUT2D eigenvalue weighted by molar-refractivity contribution is 8.08. The Bertz CT molecular complexity index is 1390. The molecule has 0 bridgehead atoms. The molecule has 0 spiro atoms. The van der Waals surface area contributed by atoms with Crippen molar-refractivity contribution in [3.8, 4) is 0 Å². The molecule has 5 rings (SSSR count). The summed E-state index contributed by atoms with van der Waals surface area (Å²) in [5.41, 5.74) is 0.365. The van der Waals surface area contributed by atoms with Gasteiger partial charge in [0, 0.05) is 18.3 Å². The normalized spacial score (nSPS) is 16.8. The maximum atomic E-state index is 15.2. The highest BCUT2D eigenvalue weighted by Gasteiger charge is 2.50. The Balaban J connectivity index is 1.46. The van der Waals surface area contributed by atoms with Gasteiger partial charge in [-0.2, -0.15) is 14.4 Å². The molecular formula is C26H25ClF2N4OSSi. The first kappa shape index (κ1) is 25.1. The topological polar surface area (TPSA) is 52.8 Å². The number of thioether (sulfide) groups is 1. The highest BCUT2D eigenvalue weighted by atomic mass is 35.5. The van der Waals surface area contributed by atoms with Gasteiger partial charge in [-0.25, -0.2) is 9.37 Å². The number of hydrogen-bond donors (Lipinski definition) is 0. The fourth-order valence-electron chi connectivity index (χ4n) is 4.80. The number of halogens is 3. The maximum Gasteiger partial charge on any atom is 0.312 e. The van der Waals surface area contributed by atoms with Crippen LogP contribution in [0.2, 0.25) is 10.2 Å². The fourth-order valence-corrected chi connectivity index (χ4v) is 10.9. The second-order valence-corrected chi connectivity index (χ2v) is 15.7. The molecule has 0 saturated carbocycles. The van der Waals surface area contributed by atoms with Crippen LogP contribution in [0.4, 0.5) is 8.78 Å². The second-order valence-electron chi connectivity index (χ2n) is 9.70. The van der Waals surface area contributed by atoms with Crippen molar-refractivity contribution in [2.75, 3.05) is 6.61 Å². The van der Waals surface area contributed by atoms with Gasteiger partial charge in [0.25, 0.3) is 8.32 Å². The van der Waals surface area contributed by atoms with E-state index in [2.05, 4.69) is 60.0 Å². The van der Waals surface area contributed by atoms with Crippen molar-refractivity contribution in [3.05, 3.63) is 84.0 Å². The third-order valence-corrected chi connectivity index (χ3v) is 12.9. The van der Waals surface area contributed by atoms with E-state index in [-0.39, 0.29) is 38.9 Å². The Morgan fingerprint density at radius 1 is 1.03 bits per heavy atom. The molecule has 0 radical (unpaired) electrons. The van der Waals surface area contributed by atoms with E-state index in [1.54, 1.807) is 0 Å². The summed E-state index contributed by atoms with van der Waals surface area (Å²) in [6.07, 6.45) is 0.613. The molecule has 0 saturated heterocycles. The smallest absolute Gasteiger partial charge is 0.312 e. The van der Waals surface area contributed by atoms with Gasteiger partial charge in [-0.3, -0.25) is 4.57 Å². The lowest BCUT2D eigenvalue weighted by atomic mass is 10.2. The Kier molecular flexibility index (Phi) is 6.76. The highest BCUT2D eigenvalue weighted by Crippen LogP contribution is 2.44. The summed E-state index contributed by atoms with van der Waals surface area (Å²) in [4.78, 5) is 11.5. The van der Waals surface area contributed by atoms with Gasteiger partial charge in [0.2, 0.25) is 0 Å². The van der Waals surface area contributed by atoms with Crippen LogP contribution in [0, 0.1) is 6.08 Å². The molecule has 0 unspecified atom stereocenters. The average Bonchev–Trinajstić information content (AvgIpc) is 3.43. The minimum absolute atomic E-state index is 0.105. The van der Waals surface area contributed by atoms with Crippen LogP contribution in [0.3, 0.4) is 0 Å². The Morgan fingerprint density at radius 2 is 1.64 bits per heavy atom. The standard InChI is InChI=1S/C26H25ClF2N4OSSi/c1-26(2,3)36(18-10-6-4-7-11-18,19-12-8-5-9-13-19)34-15-17-14-20(28)24(35-17)33-16-30-21-22(27)31-25(29)32-23(21)33/h4-13,16-17H,14-15H2,1-3H3/t17-/m1/s1. The predicted molar refractivity (Wildman–Crippen MR) is 144 cm³/mol. The summed E-state index contributed by atoms with van der Waals surface area (Å²) in [7, 11) is -2.75. The van der Waals surface area contributed by atoms with Gasteiger partial charge in [-0.15, -0.1) is 0 Å². The van der Waals surface area contributed by atoms with Gasteiger partial charge in [-0.1, -0.05) is 105 Å². The van der Waals surface area contributed by atoms with Gasteiger partial charge < -0.3 is 4.43 Å². The minimum atomic E-state index is -2.75. The molecule has 3 heterocycles. The lowest BCUT2D eigenvalue weighted by Gasteiger charge is -2.43. The number of hydrogen-bond acceptors (Lipinski definition) is 5. The van der Waals surface area contributed by atoms with E-state index in [9.17, 15) is 4.39 Å². The van der Waals surface area contributed by atoms with E-state index in [1.807, 2.05) is 36.4 Å². The van der Waals surface area contributed by atoms with E-state index < -0.39 is 14.4 Å². The van der Waals surface area contributed by atoms with Gasteiger partial charge in [0.1, 0.15) is 22.7 Å². The van der Waals surface area contributed by atoms with Gasteiger partial charge in [0.05, 0.1) is 0 Å². The first-order chi connectivity index (χ1) is 17.2. The van der Waals surface area contributed by atoms with Crippen LogP contribution in [0.1, 0.15) is 27.2 Å². The zero-order valence-electron chi connectivity index (χ0n) is 20.1. The average molecular weight is 543 g/mol. The molecule has 0 amide bonds. The number of imidazole rings is 1. The maximum absolute atomic E-state index is 15.2. The number of nitrogens with zero attached hydrogens (tertiary/aromatic N) is 4. The quantitative estimate of drug-likeness (QED) is 0.175. The molecule has 1 atom stereocenters. The third-order valence-electron chi connectivity index (χ3n) is 6.36. The SMILES string of the molecule is CC(C)(C)[Si](OC[C@H]1CC(F)=C(n2cnc3c(Cl)nc(F)nc32)S1)(c1ccccc1)c1ccccc1. The zero-order valence-corrected chi connectivity index (χ0v) is 22.7. The molecule has 4 aromatic rings. The van der Waals surface area contributed by atoms with Crippen LogP contribution >= 0.6 is 23.4 Å². The first-order valence-electron chi connectivity index (χ1n) is 11.6. The molecule has 0 fully saturated rings. The third kappa shape index (κ3) is 4.38. The van der Waals surface area contributed by atoms with Crippen molar-refractivity contribution in [2.24, 2.45) is 0 Å². The van der Waals surface area contributed by atoms with Crippen molar-refractivity contribution in [3.63, 3.8) is 0 Å². The van der Waals surface area contributed by atoms with Crippen molar-refractivity contribution in [2.45, 2.75) is 37.5 Å². The van der Waals surface area contributed by atoms with Gasteiger partial charge >= 0.3 is 6.08 Å². The summed E-state index contributed by atoms with van der Waals surface area (Å²) in [5.74, 6) is -0.314. The van der Waals surface area contributed by atoms with E-state index in [1.165, 1.54) is 33.0 Å². The van der Waals surface area contributed by atoms with E-state index in [0.717, 1.165) is 0 Å². The van der Waals surface area contributed by atoms with Gasteiger partial charge in [-0.05, 0) is 15.4 Å². The molecule has 36 heavy (non-hydrogen) atoms. The largest absolute Gasteiger partial charge is 0.406 e. The molecule has 2 aromatic heterocycles. The van der Waals surface area contributed by atoms with Crippen LogP contribution < -0.4 is 10.4 Å². The molecule has 0 N–H and O–H groups in total. The van der Waals surface area contributed by atoms with Crippen molar-refractivity contribution in [1.29, 1.82) is 0 Å². The number of aromatic nitrogens is 4. The fraction of sp³-hybridized carbons (Fsp3) is 0.269. The van der Waals surface area contributed by atoms with Crippen LogP contribution in [0.15, 0.2) is 72.8 Å². The first-order valence-corrected chi connectivity index (χ1v) is 14.7. The Labute approximate surface area is 218 Å². The van der Waals surface area contributed by atoms with Crippen molar-refractivity contribution < 1.29 is 13.2 Å². The molecule has 1 aliphatic rings. The van der Waals surface area contributed by atoms with E-state index in [0.29, 0.717) is 11.6 Å². The summed E-state index contributed by atoms with van der Waals surface area (Å²) in [6, 6.07) is 20.7. The lowest BCUT2D eigenvalue weighted by molar-refractivity contribution is 0.295. The summed E-state index contributed by atoms with van der Waals surface area (Å²) < 4.78 is 37.5. The van der Waals surface area contributed by atoms with Crippen molar-refractivity contribution in [1.82, 2.24) is 19.5 Å². The molecule has 0 aliphatic carbocycles. The van der Waals surface area contributed by atoms with Crippen LogP contribution in [0.5, 0.6) is 0 Å². The molecule has 1 aliphatic heterocycles. The molecule has 2 aromatic carbocycles. The molecule has 10 heteroatoms. The minimum Gasteiger partial charge on any atom is -0.406 e. The Morgan fingerprint density at radius 3 is 2.22 bits per heavy atom. The van der Waals surface area contributed by atoms with Crippen LogP contribution in [-0.4, -0.2) is 39.7 Å². The summed E-state index contributed by atoms with van der Waals surface area (Å²) >= 11 is 7.35. The molecule has 5 nitrogen and oxygen atoms in total. The summed E-state index contributed by atoms with van der Waals surface area (Å²) in [5, 5.41) is 2.21. The van der Waals surface area contributed by atoms with E-state index >= 15 is 4.39 Å². The van der Waals surface area contributed by atoms with Crippen LogP contribution in [0.25, 0.3) is 16.2 Å². The lowest BCUT2D eigenvalue weighted by Crippen LogP contribution is -2.67. The van der Waals surface area contributed by atoms with E-state index in [4.69, 9.17) is 16.0 Å². The Hall–Kier alpha value is -2.59. The predicted octanol–water partition coefficient (Wildman–Crippen LogP) is 5.80. The second kappa shape index (κ2) is 9.70. The zero-order chi connectivity index (χ0) is 25.5. The number of allylic oxidation sites excluding steroid dienone is 1. The van der Waals surface area contributed by atoms with Crippen molar-refractivity contribution >= 4 is 58.2 Å². The summed E-state index contributed by atoms with van der Waals surface area (Å²) in [6.45, 7) is 6.98. The number of rotatable bonds is 6. The molecule has 186 valence electrons. The number of fused-ring (bicyclic) bond motifs is 1. The number of benzene rings is 2. The van der Waals surface area contributed by atoms with Crippen LogP contribution in [-0.2, 0) is 4.43 Å². The molecular weight excluding hydrogens is 518 g/mol. The van der Waals surface area contributed by atoms with Gasteiger partial charge in [0.15, 0.2) is 10.8 Å². The monoisotopic (exact) mass is 542 g/mol.